The van der Waals surface area contributed by atoms with Crippen molar-refractivity contribution in [3.05, 3.63) is 44.3 Å². The zero-order valence-corrected chi connectivity index (χ0v) is 12.0. The molecule has 0 saturated heterocycles. The molecule has 0 aliphatic carbocycles. The summed E-state index contributed by atoms with van der Waals surface area (Å²) in [6, 6.07) is 8.81. The Morgan fingerprint density at radius 3 is 2.31 bits per heavy atom. The van der Waals surface area contributed by atoms with Crippen molar-refractivity contribution in [1.82, 2.24) is 4.68 Å². The molecule has 0 fully saturated rings. The van der Waals surface area contributed by atoms with Crippen LogP contribution < -0.4 is 5.43 Å². The highest BCUT2D eigenvalue weighted by atomic mass is 79.9. The van der Waals surface area contributed by atoms with E-state index in [0.29, 0.717) is 6.04 Å². The molecule has 1 atom stereocenters. The van der Waals surface area contributed by atoms with Gasteiger partial charge in [0.25, 0.3) is 0 Å². The normalized spacial score (nSPS) is 12.8. The number of thiophene rings is 1. The van der Waals surface area contributed by atoms with Crippen LogP contribution >= 0.6 is 27.3 Å². The lowest BCUT2D eigenvalue weighted by Gasteiger charge is -2.18. The lowest BCUT2D eigenvalue weighted by molar-refractivity contribution is 0.708. The Morgan fingerprint density at radius 1 is 1.19 bits per heavy atom. The molecule has 0 amide bonds. The number of aromatic nitrogens is 1. The first kappa shape index (κ1) is 11.7. The summed E-state index contributed by atoms with van der Waals surface area (Å²) in [6.45, 7) is 6.39. The second-order valence-electron chi connectivity index (χ2n) is 3.94. The molecule has 1 N–H and O–H groups in total. The van der Waals surface area contributed by atoms with Crippen LogP contribution in [0.2, 0.25) is 0 Å². The first-order valence-corrected chi connectivity index (χ1v) is 6.85. The first-order chi connectivity index (χ1) is 7.58. The summed E-state index contributed by atoms with van der Waals surface area (Å²) in [5.74, 6) is 0. The molecule has 0 bridgehead atoms. The Hall–Kier alpha value is -0.740. The summed E-state index contributed by atoms with van der Waals surface area (Å²) in [7, 11) is 0. The molecule has 2 aromatic rings. The summed E-state index contributed by atoms with van der Waals surface area (Å²) < 4.78 is 3.32. The van der Waals surface area contributed by atoms with E-state index in [1.807, 2.05) is 0 Å². The van der Waals surface area contributed by atoms with E-state index in [0.717, 1.165) is 0 Å². The van der Waals surface area contributed by atoms with E-state index in [4.69, 9.17) is 0 Å². The Balaban J connectivity index is 2.16. The van der Waals surface area contributed by atoms with Crippen molar-refractivity contribution in [1.29, 1.82) is 0 Å². The van der Waals surface area contributed by atoms with Gasteiger partial charge in [0.15, 0.2) is 0 Å². The predicted molar refractivity (Wildman–Crippen MR) is 73.7 cm³/mol. The molecule has 2 aromatic heterocycles. The van der Waals surface area contributed by atoms with Crippen molar-refractivity contribution in [3.8, 4) is 0 Å². The van der Waals surface area contributed by atoms with E-state index < -0.39 is 0 Å². The molecule has 4 heteroatoms. The zero-order chi connectivity index (χ0) is 11.7. The average Bonchev–Trinajstić information content (AvgIpc) is 2.79. The molecule has 0 radical (unpaired) electrons. The zero-order valence-electron chi connectivity index (χ0n) is 9.62. The topological polar surface area (TPSA) is 17.0 Å². The number of nitrogens with zero attached hydrogens (tertiary/aromatic N) is 1. The molecule has 2 rings (SSSR count). The van der Waals surface area contributed by atoms with Crippen molar-refractivity contribution in [2.24, 2.45) is 0 Å². The summed E-state index contributed by atoms with van der Waals surface area (Å²) in [4.78, 5) is 1.33. The molecule has 1 unspecified atom stereocenters. The van der Waals surface area contributed by atoms with E-state index in [1.165, 1.54) is 20.1 Å². The fourth-order valence-corrected chi connectivity index (χ4v) is 3.11. The maximum atomic E-state index is 3.49. The Kier molecular flexibility index (Phi) is 3.40. The molecule has 0 aliphatic heterocycles. The monoisotopic (exact) mass is 298 g/mol. The Labute approximate surface area is 108 Å². The van der Waals surface area contributed by atoms with Gasteiger partial charge in [0.1, 0.15) is 0 Å². The van der Waals surface area contributed by atoms with Crippen molar-refractivity contribution < 1.29 is 0 Å². The van der Waals surface area contributed by atoms with Gasteiger partial charge in [0, 0.05) is 16.3 Å². The summed E-state index contributed by atoms with van der Waals surface area (Å²) >= 11 is 5.26. The Bertz CT molecular complexity index is 467. The number of halogens is 1. The molecule has 2 nitrogen and oxygen atoms in total. The standard InChI is InChI=1S/C12H15BrN2S/c1-8-4-5-9(2)15(8)14-10(3)11-6-7-12(13)16-11/h4-7,10,14H,1-3H3. The van der Waals surface area contributed by atoms with Crippen LogP contribution in [0.5, 0.6) is 0 Å². The number of hydrogen-bond acceptors (Lipinski definition) is 2. The fraction of sp³-hybridized carbons (Fsp3) is 0.333. The van der Waals surface area contributed by atoms with E-state index in [2.05, 4.69) is 71.1 Å². The Morgan fingerprint density at radius 2 is 1.81 bits per heavy atom. The maximum absolute atomic E-state index is 3.49. The van der Waals surface area contributed by atoms with Crippen molar-refractivity contribution >= 4 is 27.3 Å². The van der Waals surface area contributed by atoms with E-state index >= 15 is 0 Å². The SMILES string of the molecule is Cc1ccc(C)n1NC(C)c1ccc(Br)s1. The summed E-state index contributed by atoms with van der Waals surface area (Å²) in [5.41, 5.74) is 5.97. The maximum Gasteiger partial charge on any atom is 0.0738 e. The molecule has 0 saturated carbocycles. The van der Waals surface area contributed by atoms with Gasteiger partial charge in [-0.2, -0.15) is 0 Å². The molecule has 0 aromatic carbocycles. The van der Waals surface area contributed by atoms with Gasteiger partial charge in [-0.25, -0.2) is 0 Å². The van der Waals surface area contributed by atoms with Gasteiger partial charge in [-0.15, -0.1) is 11.3 Å². The lowest BCUT2D eigenvalue weighted by atomic mass is 10.3. The van der Waals surface area contributed by atoms with Gasteiger partial charge in [-0.05, 0) is 61.0 Å². The smallest absolute Gasteiger partial charge is 0.0738 e. The fourth-order valence-electron chi connectivity index (χ4n) is 1.69. The average molecular weight is 299 g/mol. The van der Waals surface area contributed by atoms with Gasteiger partial charge in [-0.1, -0.05) is 0 Å². The van der Waals surface area contributed by atoms with Gasteiger partial charge < -0.3 is 5.43 Å². The molecule has 2 heterocycles. The quantitative estimate of drug-likeness (QED) is 0.897. The predicted octanol–water partition coefficient (Wildman–Crippen LogP) is 4.23. The minimum atomic E-state index is 0.320. The van der Waals surface area contributed by atoms with Gasteiger partial charge in [0.05, 0.1) is 9.83 Å². The van der Waals surface area contributed by atoms with Crippen LogP contribution in [0.15, 0.2) is 28.1 Å². The minimum Gasteiger partial charge on any atom is -0.318 e. The lowest BCUT2D eigenvalue weighted by Crippen LogP contribution is -2.20. The van der Waals surface area contributed by atoms with Gasteiger partial charge in [-0.3, -0.25) is 4.68 Å². The number of rotatable bonds is 3. The minimum absolute atomic E-state index is 0.320. The highest BCUT2D eigenvalue weighted by Gasteiger charge is 2.09. The van der Waals surface area contributed by atoms with Crippen LogP contribution in [0.4, 0.5) is 0 Å². The molecule has 86 valence electrons. The molecule has 16 heavy (non-hydrogen) atoms. The van der Waals surface area contributed by atoms with E-state index in [9.17, 15) is 0 Å². The van der Waals surface area contributed by atoms with Crippen molar-refractivity contribution in [3.63, 3.8) is 0 Å². The van der Waals surface area contributed by atoms with Crippen LogP contribution in [0.3, 0.4) is 0 Å². The third-order valence-corrected chi connectivity index (χ3v) is 4.42. The summed E-state index contributed by atoms with van der Waals surface area (Å²) in [5, 5.41) is 0. The third-order valence-electron chi connectivity index (χ3n) is 2.61. The van der Waals surface area contributed by atoms with Gasteiger partial charge in [0.2, 0.25) is 0 Å². The molecule has 0 aliphatic rings. The number of hydrogen-bond donors (Lipinski definition) is 1. The molecular formula is C12H15BrN2S. The highest BCUT2D eigenvalue weighted by Crippen LogP contribution is 2.27. The van der Waals surface area contributed by atoms with E-state index in [-0.39, 0.29) is 0 Å². The van der Waals surface area contributed by atoms with Crippen LogP contribution in [0.1, 0.15) is 29.2 Å². The molecular weight excluding hydrogens is 284 g/mol. The van der Waals surface area contributed by atoms with Crippen LogP contribution in [-0.2, 0) is 0 Å². The van der Waals surface area contributed by atoms with Crippen molar-refractivity contribution in [2.75, 3.05) is 5.43 Å². The summed E-state index contributed by atoms with van der Waals surface area (Å²) in [6.07, 6.45) is 0. The van der Waals surface area contributed by atoms with Gasteiger partial charge >= 0.3 is 0 Å². The highest BCUT2D eigenvalue weighted by molar-refractivity contribution is 9.11. The van der Waals surface area contributed by atoms with Crippen LogP contribution in [-0.4, -0.2) is 4.68 Å². The van der Waals surface area contributed by atoms with E-state index in [1.54, 1.807) is 11.3 Å². The largest absolute Gasteiger partial charge is 0.318 e. The second kappa shape index (κ2) is 4.63. The first-order valence-electron chi connectivity index (χ1n) is 5.24. The second-order valence-corrected chi connectivity index (χ2v) is 6.44. The van der Waals surface area contributed by atoms with Crippen molar-refractivity contribution in [2.45, 2.75) is 26.8 Å². The molecule has 0 spiro atoms. The van der Waals surface area contributed by atoms with Crippen LogP contribution in [0.25, 0.3) is 0 Å². The number of nitrogens with one attached hydrogen (secondary N) is 1. The number of aryl methyl sites for hydroxylation is 2. The van der Waals surface area contributed by atoms with Crippen LogP contribution in [0, 0.1) is 13.8 Å². The third kappa shape index (κ3) is 2.33.